The van der Waals surface area contributed by atoms with Gasteiger partial charge in [0.15, 0.2) is 0 Å². The third-order valence-electron chi connectivity index (χ3n) is 1.85. The number of nitrogens with zero attached hydrogens (tertiary/aromatic N) is 2. The lowest BCUT2D eigenvalue weighted by molar-refractivity contribution is 0.632. The minimum atomic E-state index is 0.562. The number of hydrogen-bond acceptors (Lipinski definition) is 3. The molecule has 1 aromatic rings. The van der Waals surface area contributed by atoms with E-state index in [1.807, 2.05) is 17.8 Å². The Morgan fingerprint density at radius 1 is 1.40 bits per heavy atom. The highest BCUT2D eigenvalue weighted by molar-refractivity contribution is 7.98. The zero-order valence-corrected chi connectivity index (χ0v) is 11.0. The molecular weight excluding hydrogens is 228 g/mol. The molecule has 0 saturated heterocycles. The van der Waals surface area contributed by atoms with E-state index >= 15 is 0 Å². The van der Waals surface area contributed by atoms with E-state index in [1.54, 1.807) is 0 Å². The highest BCUT2D eigenvalue weighted by Gasteiger charge is 2.05. The van der Waals surface area contributed by atoms with Crippen LogP contribution in [0, 0.1) is 5.92 Å². The van der Waals surface area contributed by atoms with Crippen LogP contribution in [0.5, 0.6) is 0 Å². The summed E-state index contributed by atoms with van der Waals surface area (Å²) in [6, 6.07) is 1.86. The van der Waals surface area contributed by atoms with E-state index in [1.165, 1.54) is 0 Å². The lowest BCUT2D eigenvalue weighted by Gasteiger charge is -2.06. The van der Waals surface area contributed by atoms with Crippen LogP contribution in [0.2, 0.25) is 5.15 Å². The van der Waals surface area contributed by atoms with Crippen molar-refractivity contribution in [1.82, 2.24) is 9.97 Å². The summed E-state index contributed by atoms with van der Waals surface area (Å²) in [7, 11) is 0. The van der Waals surface area contributed by atoms with Crippen molar-refractivity contribution in [3.05, 3.63) is 22.7 Å². The molecule has 15 heavy (non-hydrogen) atoms. The van der Waals surface area contributed by atoms with Gasteiger partial charge in [-0.1, -0.05) is 32.4 Å². The van der Waals surface area contributed by atoms with Crippen LogP contribution in [0.15, 0.2) is 6.07 Å². The van der Waals surface area contributed by atoms with Crippen molar-refractivity contribution in [2.45, 2.75) is 32.9 Å². The molecule has 1 aromatic heterocycles. The molecule has 1 rings (SSSR count). The average molecular weight is 245 g/mol. The lowest BCUT2D eigenvalue weighted by Crippen LogP contribution is -2.02. The maximum Gasteiger partial charge on any atom is 0.140 e. The summed E-state index contributed by atoms with van der Waals surface area (Å²) in [5.41, 5.74) is 1.05. The van der Waals surface area contributed by atoms with Crippen molar-refractivity contribution in [2.24, 2.45) is 5.92 Å². The number of rotatable bonds is 5. The van der Waals surface area contributed by atoms with Crippen molar-refractivity contribution in [1.29, 1.82) is 0 Å². The van der Waals surface area contributed by atoms with E-state index in [2.05, 4.69) is 30.7 Å². The molecule has 4 heteroatoms. The summed E-state index contributed by atoms with van der Waals surface area (Å²) in [5.74, 6) is 3.38. The maximum absolute atomic E-state index is 5.95. The van der Waals surface area contributed by atoms with Gasteiger partial charge in [-0.05, 0) is 24.2 Å². The number of hydrogen-bond donors (Lipinski definition) is 0. The molecule has 0 aromatic carbocycles. The van der Waals surface area contributed by atoms with Crippen molar-refractivity contribution < 1.29 is 0 Å². The quantitative estimate of drug-likeness (QED) is 0.741. The fourth-order valence-corrected chi connectivity index (χ4v) is 2.04. The Labute approximate surface area is 101 Å². The van der Waals surface area contributed by atoms with Crippen molar-refractivity contribution in [2.75, 3.05) is 5.75 Å². The Morgan fingerprint density at radius 3 is 2.73 bits per heavy atom. The molecule has 0 aliphatic heterocycles. The van der Waals surface area contributed by atoms with Gasteiger partial charge in [-0.25, -0.2) is 9.97 Å². The third-order valence-corrected chi connectivity index (χ3v) is 2.91. The zero-order chi connectivity index (χ0) is 11.3. The van der Waals surface area contributed by atoms with E-state index in [9.17, 15) is 0 Å². The molecule has 84 valence electrons. The van der Waals surface area contributed by atoms with Crippen LogP contribution < -0.4 is 0 Å². The Balaban J connectivity index is 2.75. The summed E-state index contributed by atoms with van der Waals surface area (Å²) in [6.07, 6.45) is 0.964. The summed E-state index contributed by atoms with van der Waals surface area (Å²) in [6.45, 7) is 6.48. The van der Waals surface area contributed by atoms with Gasteiger partial charge in [0.25, 0.3) is 0 Å². The van der Waals surface area contributed by atoms with Gasteiger partial charge in [0.1, 0.15) is 11.0 Å². The predicted octanol–water partition coefficient (Wildman–Crippen LogP) is 3.58. The first kappa shape index (κ1) is 12.8. The van der Waals surface area contributed by atoms with Crippen LogP contribution in [0.25, 0.3) is 0 Å². The first-order valence-electron chi connectivity index (χ1n) is 5.22. The third kappa shape index (κ3) is 4.85. The first-order chi connectivity index (χ1) is 7.11. The second-order valence-corrected chi connectivity index (χ2v) is 5.49. The molecule has 0 spiro atoms. The molecule has 0 aliphatic rings. The number of halogens is 1. The summed E-state index contributed by atoms with van der Waals surface area (Å²) < 4.78 is 0. The van der Waals surface area contributed by atoms with Crippen LogP contribution in [0.3, 0.4) is 0 Å². The molecule has 0 fully saturated rings. The first-order valence-corrected chi connectivity index (χ1v) is 6.75. The van der Waals surface area contributed by atoms with Crippen molar-refractivity contribution in [3.8, 4) is 0 Å². The molecule has 0 N–H and O–H groups in total. The fraction of sp³-hybridized carbons (Fsp3) is 0.636. The Kier molecular flexibility index (Phi) is 5.40. The highest BCUT2D eigenvalue weighted by Crippen LogP contribution is 2.14. The molecule has 0 amide bonds. The molecule has 1 heterocycles. The van der Waals surface area contributed by atoms with Crippen LogP contribution >= 0.6 is 23.4 Å². The molecule has 0 radical (unpaired) electrons. The Morgan fingerprint density at radius 2 is 2.13 bits per heavy atom. The summed E-state index contributed by atoms with van der Waals surface area (Å²) >= 11 is 7.77. The molecule has 0 aliphatic carbocycles. The molecule has 0 atom stereocenters. The van der Waals surface area contributed by atoms with Gasteiger partial charge in [0.2, 0.25) is 0 Å². The van der Waals surface area contributed by atoms with Gasteiger partial charge >= 0.3 is 0 Å². The van der Waals surface area contributed by atoms with E-state index in [0.29, 0.717) is 11.1 Å². The minimum Gasteiger partial charge on any atom is -0.237 e. The number of aromatic nitrogens is 2. The van der Waals surface area contributed by atoms with E-state index < -0.39 is 0 Å². The smallest absolute Gasteiger partial charge is 0.140 e. The van der Waals surface area contributed by atoms with Gasteiger partial charge in [-0.2, -0.15) is 11.8 Å². The topological polar surface area (TPSA) is 25.8 Å². The summed E-state index contributed by atoms with van der Waals surface area (Å²) in [5, 5.41) is 0.562. The molecular formula is C11H17ClN2S. The standard InChI is InChI=1S/C11H17ClN2S/c1-4-15-7-11-13-9(5-8(2)3)6-10(12)14-11/h6,8H,4-5,7H2,1-3H3. The van der Waals surface area contributed by atoms with Gasteiger partial charge in [0, 0.05) is 5.69 Å². The molecule has 0 unspecified atom stereocenters. The van der Waals surface area contributed by atoms with Gasteiger partial charge in [0.05, 0.1) is 5.75 Å². The lowest BCUT2D eigenvalue weighted by atomic mass is 10.1. The van der Waals surface area contributed by atoms with Crippen LogP contribution in [0.1, 0.15) is 32.3 Å². The van der Waals surface area contributed by atoms with Gasteiger partial charge in [-0.15, -0.1) is 0 Å². The van der Waals surface area contributed by atoms with Crippen LogP contribution in [-0.4, -0.2) is 15.7 Å². The SMILES string of the molecule is CCSCc1nc(Cl)cc(CC(C)C)n1. The zero-order valence-electron chi connectivity index (χ0n) is 9.46. The van der Waals surface area contributed by atoms with E-state index in [-0.39, 0.29) is 0 Å². The Bertz CT molecular complexity index is 315. The van der Waals surface area contributed by atoms with Crippen molar-refractivity contribution in [3.63, 3.8) is 0 Å². The Hall–Kier alpha value is -0.280. The van der Waals surface area contributed by atoms with Gasteiger partial charge in [-0.3, -0.25) is 0 Å². The van der Waals surface area contributed by atoms with Crippen molar-refractivity contribution >= 4 is 23.4 Å². The van der Waals surface area contributed by atoms with E-state index in [0.717, 1.165) is 29.4 Å². The molecule has 2 nitrogen and oxygen atoms in total. The van der Waals surface area contributed by atoms with Gasteiger partial charge < -0.3 is 0 Å². The maximum atomic E-state index is 5.95. The number of thioether (sulfide) groups is 1. The second kappa shape index (κ2) is 6.33. The normalized spacial score (nSPS) is 11.0. The largest absolute Gasteiger partial charge is 0.237 e. The second-order valence-electron chi connectivity index (χ2n) is 3.83. The predicted molar refractivity (Wildman–Crippen MR) is 67.4 cm³/mol. The van der Waals surface area contributed by atoms with Crippen LogP contribution in [-0.2, 0) is 12.2 Å². The fourth-order valence-electron chi connectivity index (χ4n) is 1.30. The summed E-state index contributed by atoms with van der Waals surface area (Å²) in [4.78, 5) is 8.71. The van der Waals surface area contributed by atoms with Crippen LogP contribution in [0.4, 0.5) is 0 Å². The highest BCUT2D eigenvalue weighted by atomic mass is 35.5. The van der Waals surface area contributed by atoms with E-state index in [4.69, 9.17) is 11.6 Å². The molecule has 0 saturated carbocycles. The monoisotopic (exact) mass is 244 g/mol. The minimum absolute atomic E-state index is 0.562. The molecule has 0 bridgehead atoms. The average Bonchev–Trinajstić information content (AvgIpc) is 2.12.